The molecule has 1 aliphatic rings. The van der Waals surface area contributed by atoms with Gasteiger partial charge in [-0.3, -0.25) is 19.3 Å². The van der Waals surface area contributed by atoms with E-state index in [4.69, 9.17) is 4.74 Å². The maximum absolute atomic E-state index is 13.0. The highest BCUT2D eigenvalue weighted by atomic mass is 32.2. The van der Waals surface area contributed by atoms with Crippen molar-refractivity contribution in [2.24, 2.45) is 4.99 Å². The molecule has 0 aromatic carbocycles. The first-order chi connectivity index (χ1) is 19.6. The largest absolute Gasteiger partial charge is 0.380 e. The number of carbonyl (C=O) groups excluding carboxylic acids is 1. The lowest BCUT2D eigenvalue weighted by Gasteiger charge is -2.22. The Hall–Kier alpha value is -3.02. The fourth-order valence-corrected chi connectivity index (χ4v) is 4.79. The number of rotatable bonds is 15. The van der Waals surface area contributed by atoms with Gasteiger partial charge in [-0.15, -0.1) is 0 Å². The first-order valence-corrected chi connectivity index (χ1v) is 16.2. The molecule has 1 atom stereocenters. The number of aliphatic imine (C=N–C) groups is 1. The number of aromatic nitrogens is 2. The molecule has 1 aromatic rings. The summed E-state index contributed by atoms with van der Waals surface area (Å²) in [5.74, 6) is 0.479. The van der Waals surface area contributed by atoms with E-state index < -0.39 is 9.84 Å². The zero-order chi connectivity index (χ0) is 30.7. The predicted molar refractivity (Wildman–Crippen MR) is 171 cm³/mol. The molecule has 2 rings (SSSR count). The van der Waals surface area contributed by atoms with Gasteiger partial charge in [0.05, 0.1) is 23.8 Å². The van der Waals surface area contributed by atoms with E-state index in [9.17, 15) is 13.2 Å². The molecule has 1 aromatic heterocycles. The first-order valence-electron chi connectivity index (χ1n) is 14.3. The van der Waals surface area contributed by atoms with Crippen LogP contribution in [0.3, 0.4) is 0 Å². The van der Waals surface area contributed by atoms with Crippen LogP contribution in [-0.2, 0) is 19.4 Å². The fourth-order valence-electron chi connectivity index (χ4n) is 4.12. The van der Waals surface area contributed by atoms with Gasteiger partial charge in [-0.1, -0.05) is 39.2 Å². The van der Waals surface area contributed by atoms with Crippen molar-refractivity contribution in [2.45, 2.75) is 46.5 Å². The fraction of sp³-hybridized carbons (Fsp3) is 0.567. The van der Waals surface area contributed by atoms with Crippen LogP contribution in [-0.4, -0.2) is 105 Å². The van der Waals surface area contributed by atoms with E-state index in [0.29, 0.717) is 18.1 Å². The third kappa shape index (κ3) is 13.5. The number of hydrogen-bond acceptors (Lipinski definition) is 8. The van der Waals surface area contributed by atoms with Crippen molar-refractivity contribution in [1.82, 2.24) is 19.4 Å². The number of ether oxygens (including phenoxy) is 1. The van der Waals surface area contributed by atoms with Crippen molar-refractivity contribution < 1.29 is 17.9 Å². The van der Waals surface area contributed by atoms with Gasteiger partial charge in [0, 0.05) is 57.7 Å². The number of anilines is 1. The number of nitrogens with one attached hydrogen (secondary N) is 1. The van der Waals surface area contributed by atoms with Crippen LogP contribution in [0.2, 0.25) is 0 Å². The molecule has 0 aliphatic carbocycles. The molecule has 1 fully saturated rings. The highest BCUT2D eigenvalue weighted by molar-refractivity contribution is 7.94. The molecule has 1 N–H and O–H groups in total. The molecule has 1 saturated heterocycles. The second kappa shape index (κ2) is 20.0. The average Bonchev–Trinajstić information content (AvgIpc) is 3.21. The minimum Gasteiger partial charge on any atom is -0.380 e. The molecule has 1 aliphatic heterocycles. The number of carbonyl (C=O) groups is 1. The summed E-state index contributed by atoms with van der Waals surface area (Å²) in [5, 5.41) is 3.24. The number of sulfone groups is 1. The van der Waals surface area contributed by atoms with Crippen LogP contribution < -0.4 is 5.32 Å². The highest BCUT2D eigenvalue weighted by Gasteiger charge is 2.21. The summed E-state index contributed by atoms with van der Waals surface area (Å²) in [7, 11) is -3.38. The summed E-state index contributed by atoms with van der Waals surface area (Å²) in [6, 6.07) is 0. The number of imidazole rings is 1. The third-order valence-corrected chi connectivity index (χ3v) is 7.45. The summed E-state index contributed by atoms with van der Waals surface area (Å²) < 4.78 is 31.3. The molecule has 230 valence electrons. The average molecular weight is 591 g/mol. The smallest absolute Gasteiger partial charge is 0.241 e. The lowest BCUT2D eigenvalue weighted by atomic mass is 10.1. The molecule has 10 nitrogen and oxygen atoms in total. The minimum absolute atomic E-state index is 0.0262. The Kier molecular flexibility index (Phi) is 17.5. The van der Waals surface area contributed by atoms with Crippen molar-refractivity contribution in [2.75, 3.05) is 70.6 Å². The van der Waals surface area contributed by atoms with E-state index in [1.807, 2.05) is 25.7 Å². The van der Waals surface area contributed by atoms with E-state index in [1.165, 1.54) is 12.2 Å². The predicted octanol–water partition coefficient (Wildman–Crippen LogP) is 4.23. The highest BCUT2D eigenvalue weighted by Crippen LogP contribution is 2.25. The maximum Gasteiger partial charge on any atom is 0.241 e. The Morgan fingerprint density at radius 3 is 2.56 bits per heavy atom. The van der Waals surface area contributed by atoms with Gasteiger partial charge < -0.3 is 15.0 Å². The molecule has 0 spiro atoms. The minimum atomic E-state index is -3.38. The molecule has 0 bridgehead atoms. The van der Waals surface area contributed by atoms with Crippen LogP contribution in [0, 0.1) is 0 Å². The molecule has 11 heteroatoms. The van der Waals surface area contributed by atoms with E-state index in [-0.39, 0.29) is 23.3 Å². The van der Waals surface area contributed by atoms with Gasteiger partial charge in [0.25, 0.3) is 0 Å². The lowest BCUT2D eigenvalue weighted by Crippen LogP contribution is -2.39. The van der Waals surface area contributed by atoms with Gasteiger partial charge >= 0.3 is 0 Å². The zero-order valence-corrected chi connectivity index (χ0v) is 26.4. The van der Waals surface area contributed by atoms with E-state index in [2.05, 4.69) is 40.3 Å². The summed E-state index contributed by atoms with van der Waals surface area (Å²) >= 11 is 0. The quantitative estimate of drug-likeness (QED) is 0.185. The van der Waals surface area contributed by atoms with Crippen LogP contribution in [0.25, 0.3) is 6.20 Å². The molecule has 0 radical (unpaired) electrons. The number of nitrogens with zero attached hydrogens (tertiary/aromatic N) is 5. The summed E-state index contributed by atoms with van der Waals surface area (Å²) in [5.41, 5.74) is 0.694. The van der Waals surface area contributed by atoms with Crippen LogP contribution in [0.5, 0.6) is 0 Å². The number of hydrogen-bond donors (Lipinski definition) is 1. The van der Waals surface area contributed by atoms with Gasteiger partial charge in [0.15, 0.2) is 9.84 Å². The van der Waals surface area contributed by atoms with Crippen LogP contribution in [0.15, 0.2) is 53.7 Å². The molecule has 2 heterocycles. The summed E-state index contributed by atoms with van der Waals surface area (Å²) in [4.78, 5) is 25.7. The Labute approximate surface area is 247 Å². The second-order valence-corrected chi connectivity index (χ2v) is 11.6. The van der Waals surface area contributed by atoms with Gasteiger partial charge in [0.2, 0.25) is 5.91 Å². The molecule has 1 amide bonds. The van der Waals surface area contributed by atoms with Gasteiger partial charge in [-0.25, -0.2) is 13.4 Å². The van der Waals surface area contributed by atoms with Gasteiger partial charge in [0.1, 0.15) is 12.1 Å². The normalized spacial score (nSPS) is 15.8. The maximum atomic E-state index is 13.0. The second-order valence-electron chi connectivity index (χ2n) is 9.59. The van der Waals surface area contributed by atoms with Crippen molar-refractivity contribution in [3.05, 3.63) is 54.4 Å². The first kappa shape index (κ1) is 36.0. The zero-order valence-electron chi connectivity index (χ0n) is 25.6. The van der Waals surface area contributed by atoms with E-state index in [1.54, 1.807) is 35.5 Å². The summed E-state index contributed by atoms with van der Waals surface area (Å²) in [6.45, 7) is 22.0. The van der Waals surface area contributed by atoms with Crippen molar-refractivity contribution in [1.29, 1.82) is 0 Å². The lowest BCUT2D eigenvalue weighted by molar-refractivity contribution is -0.129. The topological polar surface area (TPSA) is 109 Å². The Morgan fingerprint density at radius 1 is 1.22 bits per heavy atom. The summed E-state index contributed by atoms with van der Waals surface area (Å²) in [6.07, 6.45) is 14.4. The monoisotopic (exact) mass is 590 g/mol. The van der Waals surface area contributed by atoms with E-state index in [0.717, 1.165) is 65.0 Å². The molecular weight excluding hydrogens is 540 g/mol. The van der Waals surface area contributed by atoms with Gasteiger partial charge in [-0.05, 0) is 51.6 Å². The van der Waals surface area contributed by atoms with Gasteiger partial charge in [-0.2, -0.15) is 0 Å². The van der Waals surface area contributed by atoms with E-state index >= 15 is 0 Å². The van der Waals surface area contributed by atoms with Crippen LogP contribution >= 0.6 is 0 Å². The Bertz CT molecular complexity index is 1140. The third-order valence-electron chi connectivity index (χ3n) is 6.32. The standard InChI is InChI=1S/C26H41N5O4S.C4H9N/c1-6-10-23(36(5,33)34)12-11-22(4)25-26(30(8-3)21-28-25)27-20-24(32)31-14-9-13-29(15-16-31)17-19-35-18-7-2;1-3-5-4-2/h6,8,10-12,21-22,27H,1,3,7,9,13-20H2,2,4-5H3;3H,4H2,1-2H3/b12-11-,23-10+;. The Balaban J connectivity index is 0.00000154. The van der Waals surface area contributed by atoms with Crippen LogP contribution in [0.1, 0.15) is 52.1 Å². The van der Waals surface area contributed by atoms with Crippen molar-refractivity contribution in [3.63, 3.8) is 0 Å². The van der Waals surface area contributed by atoms with Crippen molar-refractivity contribution >= 4 is 34.0 Å². The molecular formula is C30H50N6O4S. The number of allylic oxidation sites excluding steroid dienone is 4. The molecule has 0 saturated carbocycles. The number of amides is 1. The molecule has 1 unspecified atom stereocenters. The van der Waals surface area contributed by atoms with Crippen molar-refractivity contribution in [3.8, 4) is 0 Å². The SMILES string of the molecule is C=C/C=C(\C=C/C(C)c1ncn(C=C)c1NCC(=O)N1CCCN(CCOCCC)CC1)S(C)(=O)=O.CC=NCC. The molecule has 41 heavy (non-hydrogen) atoms. The van der Waals surface area contributed by atoms with Crippen LogP contribution in [0.4, 0.5) is 5.82 Å². The Morgan fingerprint density at radius 2 is 1.98 bits per heavy atom.